The Bertz CT molecular complexity index is 963. The molecular weight excluding hydrogens is 380 g/mol. The highest BCUT2D eigenvalue weighted by Gasteiger charge is 2.38. The number of halogens is 1. The van der Waals surface area contributed by atoms with Crippen LogP contribution in [0.2, 0.25) is 0 Å². The number of rotatable bonds is 5. The molecule has 2 amide bonds. The van der Waals surface area contributed by atoms with Gasteiger partial charge in [0.25, 0.3) is 11.8 Å². The summed E-state index contributed by atoms with van der Waals surface area (Å²) in [5, 5.41) is 2.69. The van der Waals surface area contributed by atoms with Crippen LogP contribution in [0.15, 0.2) is 59.3 Å². The Morgan fingerprint density at radius 2 is 1.61 bits per heavy atom. The van der Waals surface area contributed by atoms with E-state index in [-0.39, 0.29) is 16.8 Å². The fourth-order valence-corrected chi connectivity index (χ4v) is 2.87. The lowest BCUT2D eigenvalue weighted by Gasteiger charge is -2.15. The summed E-state index contributed by atoms with van der Waals surface area (Å²) in [5.41, 5.74) is 2.35. The highest BCUT2D eigenvalue weighted by molar-refractivity contribution is 6.53. The van der Waals surface area contributed by atoms with E-state index in [1.54, 1.807) is 50.2 Å². The topological polar surface area (TPSA) is 75.7 Å². The van der Waals surface area contributed by atoms with E-state index >= 15 is 0 Å². The average Bonchev–Trinajstić information content (AvgIpc) is 2.86. The minimum absolute atomic E-state index is 0.00949. The number of nitrogens with one attached hydrogen (secondary N) is 1. The van der Waals surface area contributed by atoms with Crippen LogP contribution in [-0.4, -0.2) is 23.9 Å². The second-order valence-corrected chi connectivity index (χ2v) is 7.00. The van der Waals surface area contributed by atoms with E-state index in [0.29, 0.717) is 16.9 Å². The molecule has 2 aromatic rings. The van der Waals surface area contributed by atoms with Crippen LogP contribution in [0.5, 0.6) is 0 Å². The standard InChI is InChI=1S/C21H19ClN2O4/c1-12(2)28-21(27)14-6-8-15(9-7-14)23-18-17(22)19(25)24(20(18)26)16-10-4-13(3)5-11-16/h4-12,23H,1-3H3. The zero-order chi connectivity index (χ0) is 20.4. The number of carbonyl (C=O) groups is 3. The van der Waals surface area contributed by atoms with Crippen LogP contribution in [0, 0.1) is 6.92 Å². The summed E-state index contributed by atoms with van der Waals surface area (Å²) in [6, 6.07) is 13.4. The number of imide groups is 1. The molecule has 0 atom stereocenters. The van der Waals surface area contributed by atoms with Gasteiger partial charge in [0.15, 0.2) is 0 Å². The molecule has 0 aromatic heterocycles. The van der Waals surface area contributed by atoms with Gasteiger partial charge in [0.05, 0.1) is 17.4 Å². The summed E-state index contributed by atoms with van der Waals surface area (Å²) < 4.78 is 5.13. The van der Waals surface area contributed by atoms with Gasteiger partial charge in [0.1, 0.15) is 10.7 Å². The molecule has 2 aromatic carbocycles. The zero-order valence-corrected chi connectivity index (χ0v) is 16.4. The maximum Gasteiger partial charge on any atom is 0.338 e. The van der Waals surface area contributed by atoms with Crippen molar-refractivity contribution in [2.75, 3.05) is 10.2 Å². The van der Waals surface area contributed by atoms with Crippen LogP contribution in [0.4, 0.5) is 11.4 Å². The van der Waals surface area contributed by atoms with Gasteiger partial charge >= 0.3 is 5.97 Å². The molecular formula is C21H19ClN2O4. The molecule has 0 aliphatic carbocycles. The second-order valence-electron chi connectivity index (χ2n) is 6.63. The van der Waals surface area contributed by atoms with Crippen molar-refractivity contribution in [2.24, 2.45) is 0 Å². The first kappa shape index (κ1) is 19.6. The van der Waals surface area contributed by atoms with Crippen molar-refractivity contribution in [3.05, 3.63) is 70.4 Å². The molecule has 0 saturated carbocycles. The first-order valence-electron chi connectivity index (χ1n) is 8.71. The number of amides is 2. The average molecular weight is 399 g/mol. The summed E-state index contributed by atoms with van der Waals surface area (Å²) in [4.78, 5) is 38.1. The number of anilines is 2. The van der Waals surface area contributed by atoms with Gasteiger partial charge in [-0.1, -0.05) is 29.3 Å². The van der Waals surface area contributed by atoms with Gasteiger partial charge in [-0.3, -0.25) is 9.59 Å². The number of carbonyl (C=O) groups excluding carboxylic acids is 3. The smallest absolute Gasteiger partial charge is 0.338 e. The molecule has 6 nitrogen and oxygen atoms in total. The molecule has 144 valence electrons. The molecule has 0 radical (unpaired) electrons. The summed E-state index contributed by atoms with van der Waals surface area (Å²) in [6.07, 6.45) is -0.218. The van der Waals surface area contributed by atoms with Crippen LogP contribution < -0.4 is 10.2 Å². The van der Waals surface area contributed by atoms with Gasteiger partial charge in [-0.05, 0) is 57.2 Å². The Balaban J connectivity index is 1.78. The lowest BCUT2D eigenvalue weighted by Crippen LogP contribution is -2.32. The number of hydrogen-bond acceptors (Lipinski definition) is 5. The number of hydrogen-bond donors (Lipinski definition) is 1. The summed E-state index contributed by atoms with van der Waals surface area (Å²) in [5.74, 6) is -1.56. The molecule has 0 unspecified atom stereocenters. The molecule has 0 fully saturated rings. The Labute approximate surface area is 167 Å². The van der Waals surface area contributed by atoms with Crippen LogP contribution in [0.1, 0.15) is 29.8 Å². The normalized spacial score (nSPS) is 14.1. The SMILES string of the molecule is Cc1ccc(N2C(=O)C(Cl)=C(Nc3ccc(C(=O)OC(C)C)cc3)C2=O)cc1. The molecule has 0 spiro atoms. The zero-order valence-electron chi connectivity index (χ0n) is 15.7. The van der Waals surface area contributed by atoms with Crippen molar-refractivity contribution < 1.29 is 19.1 Å². The molecule has 7 heteroatoms. The second kappa shape index (κ2) is 7.86. The molecule has 1 aliphatic heterocycles. The van der Waals surface area contributed by atoms with E-state index in [0.717, 1.165) is 10.5 Å². The van der Waals surface area contributed by atoms with Crippen LogP contribution >= 0.6 is 11.6 Å². The number of ether oxygens (including phenoxy) is 1. The van der Waals surface area contributed by atoms with E-state index in [4.69, 9.17) is 16.3 Å². The van der Waals surface area contributed by atoms with Crippen LogP contribution in [-0.2, 0) is 14.3 Å². The van der Waals surface area contributed by atoms with Gasteiger partial charge in [-0.2, -0.15) is 0 Å². The maximum atomic E-state index is 12.7. The fourth-order valence-electron chi connectivity index (χ4n) is 2.66. The predicted molar refractivity (Wildman–Crippen MR) is 107 cm³/mol. The first-order chi connectivity index (χ1) is 13.3. The molecule has 1 heterocycles. The van der Waals surface area contributed by atoms with Crippen molar-refractivity contribution in [3.8, 4) is 0 Å². The third-order valence-corrected chi connectivity index (χ3v) is 4.40. The van der Waals surface area contributed by atoms with Gasteiger partial charge in [0.2, 0.25) is 0 Å². The van der Waals surface area contributed by atoms with Gasteiger partial charge in [0, 0.05) is 5.69 Å². The number of nitrogens with zero attached hydrogens (tertiary/aromatic N) is 1. The quantitative estimate of drug-likeness (QED) is 0.608. The third-order valence-electron chi connectivity index (χ3n) is 4.05. The van der Waals surface area contributed by atoms with Gasteiger partial charge in [-0.25, -0.2) is 9.69 Å². The van der Waals surface area contributed by atoms with Crippen molar-refractivity contribution in [3.63, 3.8) is 0 Å². The van der Waals surface area contributed by atoms with E-state index in [2.05, 4.69) is 5.32 Å². The summed E-state index contributed by atoms with van der Waals surface area (Å²) in [6.45, 7) is 5.45. The van der Waals surface area contributed by atoms with Crippen molar-refractivity contribution in [2.45, 2.75) is 26.9 Å². The fraction of sp³-hybridized carbons (Fsp3) is 0.190. The van der Waals surface area contributed by atoms with E-state index in [1.165, 1.54) is 0 Å². The number of esters is 1. The van der Waals surface area contributed by atoms with E-state index < -0.39 is 17.8 Å². The Hall–Kier alpha value is -3.12. The number of benzene rings is 2. The molecule has 1 aliphatic rings. The van der Waals surface area contributed by atoms with Crippen LogP contribution in [0.25, 0.3) is 0 Å². The summed E-state index contributed by atoms with van der Waals surface area (Å²) in [7, 11) is 0. The summed E-state index contributed by atoms with van der Waals surface area (Å²) >= 11 is 6.12. The Kier molecular flexibility index (Phi) is 5.51. The highest BCUT2D eigenvalue weighted by atomic mass is 35.5. The van der Waals surface area contributed by atoms with Crippen molar-refractivity contribution in [1.29, 1.82) is 0 Å². The van der Waals surface area contributed by atoms with Crippen molar-refractivity contribution in [1.82, 2.24) is 0 Å². The van der Waals surface area contributed by atoms with Crippen molar-refractivity contribution >= 4 is 40.8 Å². The monoisotopic (exact) mass is 398 g/mol. The molecule has 1 N–H and O–H groups in total. The first-order valence-corrected chi connectivity index (χ1v) is 9.09. The lowest BCUT2D eigenvalue weighted by molar-refractivity contribution is -0.120. The van der Waals surface area contributed by atoms with Gasteiger partial charge in [-0.15, -0.1) is 0 Å². The minimum atomic E-state index is -0.588. The molecule has 0 bridgehead atoms. The molecule has 3 rings (SSSR count). The molecule has 28 heavy (non-hydrogen) atoms. The maximum absolute atomic E-state index is 12.7. The molecule has 0 saturated heterocycles. The predicted octanol–water partition coefficient (Wildman–Crippen LogP) is 4.00. The third kappa shape index (κ3) is 3.92. The lowest BCUT2D eigenvalue weighted by atomic mass is 10.2. The Morgan fingerprint density at radius 3 is 2.18 bits per heavy atom. The van der Waals surface area contributed by atoms with Gasteiger partial charge < -0.3 is 10.1 Å². The Morgan fingerprint density at radius 1 is 1.00 bits per heavy atom. The number of aryl methyl sites for hydroxylation is 1. The van der Waals surface area contributed by atoms with E-state index in [9.17, 15) is 14.4 Å². The van der Waals surface area contributed by atoms with E-state index in [1.807, 2.05) is 19.1 Å². The largest absolute Gasteiger partial charge is 0.459 e. The minimum Gasteiger partial charge on any atom is -0.459 e. The highest BCUT2D eigenvalue weighted by Crippen LogP contribution is 2.30. The van der Waals surface area contributed by atoms with Crippen LogP contribution in [0.3, 0.4) is 0 Å².